The lowest BCUT2D eigenvalue weighted by Crippen LogP contribution is -2.42. The minimum absolute atomic E-state index is 0.0414. The van der Waals surface area contributed by atoms with E-state index in [1.54, 1.807) is 0 Å². The van der Waals surface area contributed by atoms with Crippen LogP contribution >= 0.6 is 15.9 Å². The van der Waals surface area contributed by atoms with Gasteiger partial charge in [-0.3, -0.25) is 0 Å². The Hall–Kier alpha value is -0.540. The second-order valence-corrected chi connectivity index (χ2v) is 6.10. The molecule has 86 valence electrons. The smallest absolute Gasteiger partial charge is 0.124 e. The molecule has 2 nitrogen and oxygen atoms in total. The molecule has 1 aliphatic carbocycles. The third kappa shape index (κ3) is 1.66. The van der Waals surface area contributed by atoms with Gasteiger partial charge in [0.05, 0.1) is 0 Å². The molecule has 1 aromatic rings. The Balaban J connectivity index is 1.99. The normalized spacial score (nSPS) is 33.1. The molecule has 2 atom stereocenters. The Bertz CT molecular complexity index is 430. The molecule has 0 aromatic heterocycles. The lowest BCUT2D eigenvalue weighted by molar-refractivity contribution is 0.0324. The number of rotatable bonds is 1. The van der Waals surface area contributed by atoms with E-state index in [0.717, 1.165) is 22.2 Å². The van der Waals surface area contributed by atoms with Crippen LogP contribution in [0.5, 0.6) is 5.75 Å². The van der Waals surface area contributed by atoms with E-state index in [0.29, 0.717) is 5.92 Å². The Kier molecular flexibility index (Phi) is 2.30. The van der Waals surface area contributed by atoms with Gasteiger partial charge in [0.25, 0.3) is 0 Å². The van der Waals surface area contributed by atoms with Gasteiger partial charge in [0.15, 0.2) is 0 Å². The lowest BCUT2D eigenvalue weighted by Gasteiger charge is -2.39. The SMILES string of the molecule is CC1(C2CC2)C[C@H](N)c2cc(Br)ccc2O1. The quantitative estimate of drug-likeness (QED) is 0.856. The van der Waals surface area contributed by atoms with E-state index in [4.69, 9.17) is 10.5 Å². The van der Waals surface area contributed by atoms with Crippen LogP contribution in [0.4, 0.5) is 0 Å². The van der Waals surface area contributed by atoms with Gasteiger partial charge < -0.3 is 10.5 Å². The highest BCUT2D eigenvalue weighted by molar-refractivity contribution is 9.10. The molecule has 1 saturated carbocycles. The highest BCUT2D eigenvalue weighted by Crippen LogP contribution is 2.50. The molecule has 1 unspecified atom stereocenters. The van der Waals surface area contributed by atoms with Gasteiger partial charge in [0.2, 0.25) is 0 Å². The van der Waals surface area contributed by atoms with Crippen LogP contribution in [0.15, 0.2) is 22.7 Å². The number of hydrogen-bond donors (Lipinski definition) is 1. The summed E-state index contributed by atoms with van der Waals surface area (Å²) in [6.07, 6.45) is 3.51. The first-order valence-electron chi connectivity index (χ1n) is 5.82. The molecule has 3 heteroatoms. The number of benzene rings is 1. The predicted octanol–water partition coefficient (Wildman–Crippen LogP) is 3.40. The number of halogens is 1. The van der Waals surface area contributed by atoms with E-state index in [1.165, 1.54) is 12.8 Å². The Morgan fingerprint density at radius 1 is 1.44 bits per heavy atom. The average molecular weight is 282 g/mol. The zero-order chi connectivity index (χ0) is 11.3. The number of hydrogen-bond acceptors (Lipinski definition) is 2. The van der Waals surface area contributed by atoms with E-state index < -0.39 is 0 Å². The third-order valence-electron chi connectivity index (χ3n) is 3.78. The second kappa shape index (κ2) is 3.47. The van der Waals surface area contributed by atoms with Gasteiger partial charge in [-0.05, 0) is 43.9 Å². The van der Waals surface area contributed by atoms with Crippen LogP contribution in [0.3, 0.4) is 0 Å². The van der Waals surface area contributed by atoms with E-state index in [9.17, 15) is 0 Å². The van der Waals surface area contributed by atoms with Gasteiger partial charge in [0, 0.05) is 22.5 Å². The van der Waals surface area contributed by atoms with Crippen LogP contribution in [-0.4, -0.2) is 5.60 Å². The van der Waals surface area contributed by atoms with Gasteiger partial charge in [0.1, 0.15) is 11.4 Å². The van der Waals surface area contributed by atoms with Crippen molar-refractivity contribution < 1.29 is 4.74 Å². The van der Waals surface area contributed by atoms with E-state index in [2.05, 4.69) is 28.9 Å². The van der Waals surface area contributed by atoms with Gasteiger partial charge in [-0.1, -0.05) is 15.9 Å². The zero-order valence-electron chi connectivity index (χ0n) is 9.37. The van der Waals surface area contributed by atoms with Crippen LogP contribution < -0.4 is 10.5 Å². The fourth-order valence-corrected chi connectivity index (χ4v) is 3.06. The van der Waals surface area contributed by atoms with Crippen molar-refractivity contribution in [1.29, 1.82) is 0 Å². The van der Waals surface area contributed by atoms with Crippen molar-refractivity contribution in [2.75, 3.05) is 0 Å². The van der Waals surface area contributed by atoms with Crippen molar-refractivity contribution in [3.63, 3.8) is 0 Å². The molecular weight excluding hydrogens is 266 g/mol. The van der Waals surface area contributed by atoms with E-state index in [-0.39, 0.29) is 11.6 Å². The number of fused-ring (bicyclic) bond motifs is 1. The maximum absolute atomic E-state index is 6.26. The topological polar surface area (TPSA) is 35.2 Å². The van der Waals surface area contributed by atoms with Gasteiger partial charge in [-0.2, -0.15) is 0 Å². The summed E-state index contributed by atoms with van der Waals surface area (Å²) in [6.45, 7) is 2.20. The Morgan fingerprint density at radius 2 is 2.19 bits per heavy atom. The molecule has 16 heavy (non-hydrogen) atoms. The molecule has 1 aliphatic heterocycles. The van der Waals surface area contributed by atoms with Crippen LogP contribution in [0.1, 0.15) is 37.8 Å². The predicted molar refractivity (Wildman–Crippen MR) is 67.4 cm³/mol. The fraction of sp³-hybridized carbons (Fsp3) is 0.538. The molecule has 0 spiro atoms. The van der Waals surface area contributed by atoms with Crippen molar-refractivity contribution in [2.24, 2.45) is 11.7 Å². The minimum atomic E-state index is -0.0414. The molecule has 0 saturated heterocycles. The molecule has 0 amide bonds. The number of nitrogens with two attached hydrogens (primary N) is 1. The summed E-state index contributed by atoms with van der Waals surface area (Å²) in [4.78, 5) is 0. The molecule has 1 aromatic carbocycles. The van der Waals surface area contributed by atoms with Crippen LogP contribution in [0, 0.1) is 5.92 Å². The van der Waals surface area contributed by atoms with Crippen molar-refractivity contribution >= 4 is 15.9 Å². The summed E-state index contributed by atoms with van der Waals surface area (Å²) in [5.74, 6) is 1.67. The summed E-state index contributed by atoms with van der Waals surface area (Å²) >= 11 is 3.48. The summed E-state index contributed by atoms with van der Waals surface area (Å²) in [7, 11) is 0. The van der Waals surface area contributed by atoms with E-state index in [1.807, 2.05) is 12.1 Å². The summed E-state index contributed by atoms with van der Waals surface area (Å²) < 4.78 is 7.24. The number of ether oxygens (including phenoxy) is 1. The zero-order valence-corrected chi connectivity index (χ0v) is 11.0. The average Bonchev–Trinajstić information content (AvgIpc) is 3.03. The molecule has 1 fully saturated rings. The Morgan fingerprint density at radius 3 is 2.88 bits per heavy atom. The molecule has 0 bridgehead atoms. The maximum Gasteiger partial charge on any atom is 0.124 e. The van der Waals surface area contributed by atoms with Gasteiger partial charge >= 0.3 is 0 Å². The molecule has 2 N–H and O–H groups in total. The van der Waals surface area contributed by atoms with Crippen LogP contribution in [-0.2, 0) is 0 Å². The van der Waals surface area contributed by atoms with Crippen molar-refractivity contribution in [3.05, 3.63) is 28.2 Å². The lowest BCUT2D eigenvalue weighted by atomic mass is 9.85. The first-order valence-corrected chi connectivity index (χ1v) is 6.62. The van der Waals surface area contributed by atoms with Crippen LogP contribution in [0.2, 0.25) is 0 Å². The monoisotopic (exact) mass is 281 g/mol. The van der Waals surface area contributed by atoms with Gasteiger partial charge in [-0.15, -0.1) is 0 Å². The molecule has 3 rings (SSSR count). The van der Waals surface area contributed by atoms with Crippen molar-refractivity contribution in [1.82, 2.24) is 0 Å². The summed E-state index contributed by atoms with van der Waals surface area (Å²) in [6, 6.07) is 6.22. The molecular formula is C13H16BrNO. The summed E-state index contributed by atoms with van der Waals surface area (Å²) in [5.41, 5.74) is 7.35. The highest BCUT2D eigenvalue weighted by Gasteiger charge is 2.47. The highest BCUT2D eigenvalue weighted by atomic mass is 79.9. The minimum Gasteiger partial charge on any atom is -0.487 e. The molecule has 0 radical (unpaired) electrons. The van der Waals surface area contributed by atoms with E-state index >= 15 is 0 Å². The van der Waals surface area contributed by atoms with Gasteiger partial charge in [-0.25, -0.2) is 0 Å². The largest absolute Gasteiger partial charge is 0.487 e. The standard InChI is InChI=1S/C13H16BrNO/c1-13(8-2-3-8)7-11(15)10-6-9(14)4-5-12(10)16-13/h4-6,8,11H,2-3,7,15H2,1H3/t11-,13?/m0/s1. The first kappa shape index (κ1) is 10.6. The van der Waals surface area contributed by atoms with Crippen LogP contribution in [0.25, 0.3) is 0 Å². The molecule has 2 aliphatic rings. The van der Waals surface area contributed by atoms with Crippen molar-refractivity contribution in [3.8, 4) is 5.75 Å². The maximum atomic E-state index is 6.26. The Labute approximate surface area is 104 Å². The third-order valence-corrected chi connectivity index (χ3v) is 4.27. The first-order chi connectivity index (χ1) is 7.58. The fourth-order valence-electron chi connectivity index (χ4n) is 2.69. The summed E-state index contributed by atoms with van der Waals surface area (Å²) in [5, 5.41) is 0. The van der Waals surface area contributed by atoms with Crippen molar-refractivity contribution in [2.45, 2.75) is 37.8 Å². The molecule has 1 heterocycles. The second-order valence-electron chi connectivity index (χ2n) is 5.18.